The number of amides is 1. The molecule has 1 heterocycles. The molecule has 1 aromatic heterocycles. The van der Waals surface area contributed by atoms with Crippen LogP contribution in [0.1, 0.15) is 10.8 Å². The number of aromatic nitrogens is 1. The van der Waals surface area contributed by atoms with Crippen molar-refractivity contribution >= 4 is 35.0 Å². The first-order valence-electron chi connectivity index (χ1n) is 7.60. The second-order valence-corrected chi connectivity index (χ2v) is 6.77. The lowest BCUT2D eigenvalue weighted by atomic mass is 10.1. The van der Waals surface area contributed by atoms with Gasteiger partial charge in [0.05, 0.1) is 10.7 Å². The monoisotopic (exact) mass is 370 g/mol. The Labute approximate surface area is 155 Å². The van der Waals surface area contributed by atoms with Gasteiger partial charge in [-0.15, -0.1) is 0 Å². The lowest BCUT2D eigenvalue weighted by Crippen LogP contribution is -2.29. The van der Waals surface area contributed by atoms with Crippen molar-refractivity contribution in [3.8, 4) is 0 Å². The van der Waals surface area contributed by atoms with Gasteiger partial charge in [0, 0.05) is 12.1 Å². The number of nitrogens with one attached hydrogen (secondary N) is 1. The van der Waals surface area contributed by atoms with Crippen molar-refractivity contribution in [3.63, 3.8) is 0 Å². The second kappa shape index (κ2) is 8.05. The van der Waals surface area contributed by atoms with E-state index in [1.54, 1.807) is 42.5 Å². The molecular weight excluding hydrogens is 356 g/mol. The zero-order valence-electron chi connectivity index (χ0n) is 13.1. The van der Waals surface area contributed by atoms with Crippen molar-refractivity contribution in [3.05, 3.63) is 94.8 Å². The molecule has 6 heteroatoms. The van der Waals surface area contributed by atoms with Gasteiger partial charge in [-0.25, -0.2) is 0 Å². The van der Waals surface area contributed by atoms with Crippen molar-refractivity contribution in [2.24, 2.45) is 0 Å². The van der Waals surface area contributed by atoms with E-state index < -0.39 is 5.25 Å². The molecule has 0 aliphatic carbocycles. The summed E-state index contributed by atoms with van der Waals surface area (Å²) in [4.78, 5) is 12.9. The summed E-state index contributed by atoms with van der Waals surface area (Å²) in [5.74, 6) is -0.242. The van der Waals surface area contributed by atoms with Crippen LogP contribution in [0.2, 0.25) is 5.02 Å². The molecule has 0 bridgehead atoms. The predicted octanol–water partition coefficient (Wildman–Crippen LogP) is 4.45. The first kappa shape index (κ1) is 17.3. The Balaban J connectivity index is 1.90. The number of para-hydroxylation sites is 1. The van der Waals surface area contributed by atoms with E-state index in [9.17, 15) is 10.0 Å². The number of carbonyl (C=O) groups is 1. The number of rotatable bonds is 5. The van der Waals surface area contributed by atoms with Gasteiger partial charge in [-0.2, -0.15) is 4.73 Å². The molecule has 1 unspecified atom stereocenters. The van der Waals surface area contributed by atoms with Crippen LogP contribution >= 0.6 is 23.4 Å². The molecule has 25 heavy (non-hydrogen) atoms. The number of nitrogens with zero attached hydrogens (tertiary/aromatic N) is 1. The Bertz CT molecular complexity index is 874. The Morgan fingerprint density at radius 3 is 2.40 bits per heavy atom. The van der Waals surface area contributed by atoms with Crippen molar-refractivity contribution < 1.29 is 9.52 Å². The van der Waals surface area contributed by atoms with Gasteiger partial charge in [-0.3, -0.25) is 4.79 Å². The van der Waals surface area contributed by atoms with Crippen molar-refractivity contribution in [1.29, 1.82) is 0 Å². The van der Waals surface area contributed by atoms with Gasteiger partial charge in [0.2, 0.25) is 5.91 Å². The Morgan fingerprint density at radius 2 is 1.68 bits per heavy atom. The molecule has 1 amide bonds. The zero-order chi connectivity index (χ0) is 17.6. The number of hydrogen-bond acceptors (Lipinski definition) is 3. The largest absolute Gasteiger partial charge is 0.618 e. The smallest absolute Gasteiger partial charge is 0.252 e. The van der Waals surface area contributed by atoms with Crippen LogP contribution in [0.15, 0.2) is 84.0 Å². The fourth-order valence-corrected chi connectivity index (χ4v) is 3.49. The molecule has 2 aromatic carbocycles. The number of thioether (sulfide) groups is 1. The van der Waals surface area contributed by atoms with E-state index in [2.05, 4.69) is 5.32 Å². The summed E-state index contributed by atoms with van der Waals surface area (Å²) < 4.78 is 0.753. The molecular formula is C19H15ClN2O2S. The standard InChI is InChI=1S/C19H15ClN2O2S/c20-15-10-4-5-11-16(15)21-19(23)18(14-8-2-1-3-9-14)25-17-12-6-7-13-22(17)24/h1-13,18H,(H,21,23). The Hall–Kier alpha value is -2.50. The molecule has 3 rings (SSSR count). The molecule has 1 atom stereocenters. The predicted molar refractivity (Wildman–Crippen MR) is 101 cm³/mol. The van der Waals surface area contributed by atoms with Gasteiger partial charge in [0.25, 0.3) is 5.03 Å². The molecule has 3 aromatic rings. The summed E-state index contributed by atoms with van der Waals surface area (Å²) in [5.41, 5.74) is 1.35. The van der Waals surface area contributed by atoms with Gasteiger partial charge in [0.15, 0.2) is 6.20 Å². The highest BCUT2D eigenvalue weighted by Crippen LogP contribution is 2.35. The average Bonchev–Trinajstić information content (AvgIpc) is 2.63. The van der Waals surface area contributed by atoms with Crippen LogP contribution in [-0.4, -0.2) is 5.91 Å². The van der Waals surface area contributed by atoms with Crippen LogP contribution in [-0.2, 0) is 4.79 Å². The molecule has 1 N–H and O–H groups in total. The molecule has 0 aliphatic heterocycles. The van der Waals surface area contributed by atoms with E-state index in [0.717, 1.165) is 10.3 Å². The fourth-order valence-electron chi connectivity index (χ4n) is 2.29. The number of pyridine rings is 1. The van der Waals surface area contributed by atoms with Crippen LogP contribution in [0.3, 0.4) is 0 Å². The van der Waals surface area contributed by atoms with Gasteiger partial charge in [-0.1, -0.05) is 54.1 Å². The number of anilines is 1. The third-order valence-electron chi connectivity index (χ3n) is 3.50. The summed E-state index contributed by atoms with van der Waals surface area (Å²) in [6.45, 7) is 0. The minimum absolute atomic E-state index is 0.242. The lowest BCUT2D eigenvalue weighted by Gasteiger charge is -2.17. The van der Waals surface area contributed by atoms with E-state index in [4.69, 9.17) is 11.6 Å². The normalized spacial score (nSPS) is 11.7. The maximum absolute atomic E-state index is 12.9. The van der Waals surface area contributed by atoms with Gasteiger partial charge in [-0.05, 0) is 35.5 Å². The average molecular weight is 371 g/mol. The van der Waals surface area contributed by atoms with E-state index in [0.29, 0.717) is 15.7 Å². The maximum Gasteiger partial charge on any atom is 0.252 e. The number of halogens is 1. The van der Waals surface area contributed by atoms with Crippen LogP contribution in [0.4, 0.5) is 5.69 Å². The van der Waals surface area contributed by atoms with Gasteiger partial charge < -0.3 is 10.5 Å². The number of hydrogen-bond donors (Lipinski definition) is 1. The zero-order valence-corrected chi connectivity index (χ0v) is 14.7. The fraction of sp³-hybridized carbons (Fsp3) is 0.0526. The third-order valence-corrected chi connectivity index (χ3v) is 5.11. The highest BCUT2D eigenvalue weighted by Gasteiger charge is 2.25. The maximum atomic E-state index is 12.9. The van der Waals surface area contributed by atoms with Crippen molar-refractivity contribution in [2.45, 2.75) is 10.3 Å². The molecule has 0 saturated heterocycles. The first-order chi connectivity index (χ1) is 12.1. The topological polar surface area (TPSA) is 56.0 Å². The number of benzene rings is 2. The minimum atomic E-state index is -0.583. The van der Waals surface area contributed by atoms with Crippen LogP contribution in [0.5, 0.6) is 0 Å². The third kappa shape index (κ3) is 4.32. The van der Waals surface area contributed by atoms with Crippen LogP contribution in [0.25, 0.3) is 0 Å². The molecule has 4 nitrogen and oxygen atoms in total. The molecule has 0 aliphatic rings. The summed E-state index contributed by atoms with van der Waals surface area (Å²) in [7, 11) is 0. The molecule has 0 radical (unpaired) electrons. The van der Waals surface area contributed by atoms with E-state index in [1.807, 2.05) is 30.3 Å². The van der Waals surface area contributed by atoms with Gasteiger partial charge in [0.1, 0.15) is 5.25 Å². The number of carbonyl (C=O) groups excluding carboxylic acids is 1. The Morgan fingerprint density at radius 1 is 1.00 bits per heavy atom. The van der Waals surface area contributed by atoms with Crippen molar-refractivity contribution in [2.75, 3.05) is 5.32 Å². The Kier molecular flexibility index (Phi) is 5.58. The quantitative estimate of drug-likeness (QED) is 0.410. The molecule has 0 spiro atoms. The summed E-state index contributed by atoms with van der Waals surface area (Å²) in [6, 6.07) is 21.5. The van der Waals surface area contributed by atoms with E-state index >= 15 is 0 Å². The lowest BCUT2D eigenvalue weighted by molar-refractivity contribution is -0.645. The van der Waals surface area contributed by atoms with E-state index in [1.165, 1.54) is 18.0 Å². The van der Waals surface area contributed by atoms with Crippen LogP contribution in [0, 0.1) is 5.21 Å². The second-order valence-electron chi connectivity index (χ2n) is 5.24. The highest BCUT2D eigenvalue weighted by atomic mass is 35.5. The van der Waals surface area contributed by atoms with Crippen molar-refractivity contribution in [1.82, 2.24) is 0 Å². The molecule has 0 fully saturated rings. The highest BCUT2D eigenvalue weighted by molar-refractivity contribution is 8.00. The van der Waals surface area contributed by atoms with Gasteiger partial charge >= 0.3 is 0 Å². The summed E-state index contributed by atoms with van der Waals surface area (Å²) in [6.07, 6.45) is 1.41. The van der Waals surface area contributed by atoms with E-state index in [-0.39, 0.29) is 5.91 Å². The first-order valence-corrected chi connectivity index (χ1v) is 8.86. The molecule has 126 valence electrons. The summed E-state index contributed by atoms with van der Waals surface area (Å²) in [5, 5.41) is 15.1. The van der Waals surface area contributed by atoms with Crippen LogP contribution < -0.4 is 10.0 Å². The minimum Gasteiger partial charge on any atom is -0.618 e. The SMILES string of the molecule is O=C(Nc1ccccc1Cl)C(Sc1cccc[n+]1[O-])c1ccccc1. The summed E-state index contributed by atoms with van der Waals surface area (Å²) >= 11 is 7.33. The molecule has 0 saturated carbocycles.